The van der Waals surface area contributed by atoms with Crippen LogP contribution in [0, 0.1) is 20.8 Å². The number of benzene rings is 7. The third-order valence-electron chi connectivity index (χ3n) is 13.5. The van der Waals surface area contributed by atoms with Gasteiger partial charge in [-0.15, -0.1) is 0 Å². The minimum atomic E-state index is -0.682. The summed E-state index contributed by atoms with van der Waals surface area (Å²) in [5, 5.41) is 0. The first kappa shape index (κ1) is 45.6. The van der Waals surface area contributed by atoms with Crippen LogP contribution in [0.3, 0.4) is 0 Å². The van der Waals surface area contributed by atoms with Crippen molar-refractivity contribution in [3.8, 4) is 33.9 Å². The molecule has 10 rings (SSSR count). The highest BCUT2D eigenvalue weighted by Crippen LogP contribution is 2.55. The third-order valence-corrected chi connectivity index (χ3v) is 14.7. The maximum absolute atomic E-state index is 7.12. The van der Waals surface area contributed by atoms with Gasteiger partial charge in [0, 0.05) is 44.8 Å². The van der Waals surface area contributed by atoms with Crippen LogP contribution in [0.1, 0.15) is 91.7 Å². The van der Waals surface area contributed by atoms with E-state index in [1.165, 1.54) is 54.3 Å². The molecule has 2 aromatic heterocycles. The Hall–Kier alpha value is -7.21. The largest absolute Gasteiger partial charge is 0.457 e. The van der Waals surface area contributed by atoms with E-state index in [9.17, 15) is 0 Å². The molecule has 0 spiro atoms. The quantitative estimate of drug-likeness (QED) is 0.144. The highest BCUT2D eigenvalue weighted by molar-refractivity contribution is 7.99. The molecule has 3 heterocycles. The summed E-state index contributed by atoms with van der Waals surface area (Å²) in [6, 6.07) is 65.8. The fourth-order valence-electron chi connectivity index (χ4n) is 10.2. The minimum absolute atomic E-state index is 0.0359. The molecular weight excluding hydrogens is 859 g/mol. The lowest BCUT2D eigenvalue weighted by Gasteiger charge is -2.40. The van der Waals surface area contributed by atoms with Crippen LogP contribution in [0.15, 0.2) is 204 Å². The molecule has 0 aliphatic carbocycles. The summed E-state index contributed by atoms with van der Waals surface area (Å²) in [5.74, 6) is 1.47. The Balaban J connectivity index is 1.11. The highest BCUT2D eigenvalue weighted by Gasteiger charge is 2.45. The van der Waals surface area contributed by atoms with Crippen LogP contribution < -0.4 is 9.64 Å². The predicted molar refractivity (Wildman–Crippen MR) is 288 cm³/mol. The van der Waals surface area contributed by atoms with Crippen LogP contribution >= 0.6 is 11.8 Å². The zero-order chi connectivity index (χ0) is 48.1. The molecule has 0 fully saturated rings. The van der Waals surface area contributed by atoms with Crippen molar-refractivity contribution in [2.75, 3.05) is 4.90 Å². The van der Waals surface area contributed by atoms with Crippen LogP contribution in [0.5, 0.6) is 11.5 Å². The lowest BCUT2D eigenvalue weighted by molar-refractivity contribution is 0.481. The average Bonchev–Trinajstić information content (AvgIpc) is 3.33. The molecule has 0 atom stereocenters. The normalized spacial score (nSPS) is 13.1. The van der Waals surface area contributed by atoms with Crippen molar-refractivity contribution < 1.29 is 4.74 Å². The fourth-order valence-corrected chi connectivity index (χ4v) is 11.4. The summed E-state index contributed by atoms with van der Waals surface area (Å²) < 4.78 is 7.12. The summed E-state index contributed by atoms with van der Waals surface area (Å²) in [5.41, 5.74) is 17.4. The number of aryl methyl sites for hydroxylation is 3. The molecule has 0 saturated heterocycles. The summed E-state index contributed by atoms with van der Waals surface area (Å²) in [6.45, 7) is 20.1. The number of ether oxygens (including phenoxy) is 1. The molecule has 7 aromatic carbocycles. The van der Waals surface area contributed by atoms with Crippen molar-refractivity contribution in [3.63, 3.8) is 0 Å². The number of rotatable bonds is 9. The van der Waals surface area contributed by atoms with E-state index >= 15 is 0 Å². The monoisotopic (exact) mass is 917 g/mol. The molecule has 0 unspecified atom stereocenters. The van der Waals surface area contributed by atoms with Gasteiger partial charge in [-0.2, -0.15) is 0 Å². The van der Waals surface area contributed by atoms with E-state index < -0.39 is 5.41 Å². The van der Waals surface area contributed by atoms with Crippen molar-refractivity contribution in [2.45, 2.75) is 88.3 Å². The number of hydrogen-bond donors (Lipinski definition) is 0. The Bertz CT molecular complexity index is 3200. The summed E-state index contributed by atoms with van der Waals surface area (Å²) in [4.78, 5) is 14.9. The average molecular weight is 918 g/mol. The lowest BCUT2D eigenvalue weighted by atomic mass is 9.66. The van der Waals surface area contributed by atoms with E-state index in [1.807, 2.05) is 30.2 Å². The maximum atomic E-state index is 7.12. The van der Waals surface area contributed by atoms with E-state index in [4.69, 9.17) is 14.7 Å². The van der Waals surface area contributed by atoms with Crippen molar-refractivity contribution >= 4 is 28.8 Å². The Kier molecular flexibility index (Phi) is 11.9. The number of fused-ring (bicyclic) bond motifs is 2. The Labute approximate surface area is 413 Å². The van der Waals surface area contributed by atoms with Gasteiger partial charge in [-0.1, -0.05) is 150 Å². The van der Waals surface area contributed by atoms with Crippen molar-refractivity contribution in [2.24, 2.45) is 0 Å². The zero-order valence-corrected chi connectivity index (χ0v) is 41.9. The molecule has 0 radical (unpaired) electrons. The third kappa shape index (κ3) is 8.77. The van der Waals surface area contributed by atoms with Crippen LogP contribution in [0.2, 0.25) is 0 Å². The van der Waals surface area contributed by atoms with E-state index in [0.29, 0.717) is 0 Å². The topological polar surface area (TPSA) is 38.2 Å². The molecule has 69 heavy (non-hydrogen) atoms. The first-order valence-corrected chi connectivity index (χ1v) is 24.8. The SMILES string of the molecule is Cc1cc(C)c(-c2cc(Oc3cccc(C4(c5ccccn5)c5ccccc5Sc5ccccc54)c3)cc(-c3cc(N(c4ccc(C(C)(C)C)cc4)c4ccc(C(C)(C)C)cc4)ccn3)c2)c(C)c1. The molecular formula is C64H59N3OS. The van der Waals surface area contributed by atoms with E-state index in [2.05, 4.69) is 243 Å². The van der Waals surface area contributed by atoms with E-state index in [0.717, 1.165) is 56.6 Å². The lowest BCUT2D eigenvalue weighted by Crippen LogP contribution is -2.34. The maximum Gasteiger partial charge on any atom is 0.128 e. The van der Waals surface area contributed by atoms with Gasteiger partial charge in [0.05, 0.1) is 16.8 Å². The summed E-state index contributed by atoms with van der Waals surface area (Å²) in [6.07, 6.45) is 3.83. The summed E-state index contributed by atoms with van der Waals surface area (Å²) >= 11 is 1.82. The minimum Gasteiger partial charge on any atom is -0.457 e. The molecule has 342 valence electrons. The van der Waals surface area contributed by atoms with Crippen molar-refractivity contribution in [3.05, 3.63) is 245 Å². The number of pyridine rings is 2. The molecule has 9 aromatic rings. The van der Waals surface area contributed by atoms with Gasteiger partial charge in [0.2, 0.25) is 0 Å². The fraction of sp³-hybridized carbons (Fsp3) is 0.188. The van der Waals surface area contributed by atoms with Crippen LogP contribution in [0.4, 0.5) is 17.1 Å². The molecule has 1 aliphatic heterocycles. The first-order chi connectivity index (χ1) is 33.2. The Morgan fingerprint density at radius 1 is 0.478 bits per heavy atom. The van der Waals surface area contributed by atoms with Gasteiger partial charge < -0.3 is 9.64 Å². The van der Waals surface area contributed by atoms with Gasteiger partial charge in [0.25, 0.3) is 0 Å². The standard InChI is InChI=1S/C64H59N3OS/c1-42-35-43(2)61(44(3)36-42)46-37-45(57-41-52(32-34-65-57)67(50-28-24-47(25-29-50)62(4,5)6)51-30-26-48(27-31-51)63(7,8)9)38-54(39-46)68-53-18-16-17-49(40-53)64(60-23-14-15-33-66-60)55-19-10-12-21-58(55)69-59-22-13-11-20-56(59)64/h10-41H,1-9H3. The van der Waals surface area contributed by atoms with Gasteiger partial charge >= 0.3 is 0 Å². The first-order valence-electron chi connectivity index (χ1n) is 23.9. The van der Waals surface area contributed by atoms with Crippen LogP contribution in [-0.4, -0.2) is 9.97 Å². The molecule has 0 saturated carbocycles. The molecule has 0 bridgehead atoms. The number of anilines is 3. The van der Waals surface area contributed by atoms with Crippen LogP contribution in [0.25, 0.3) is 22.4 Å². The second-order valence-corrected chi connectivity index (χ2v) is 21.6. The van der Waals surface area contributed by atoms with E-state index in [-0.39, 0.29) is 10.8 Å². The van der Waals surface area contributed by atoms with Gasteiger partial charge in [0.1, 0.15) is 11.5 Å². The van der Waals surface area contributed by atoms with Gasteiger partial charge in [-0.05, 0) is 173 Å². The molecule has 1 aliphatic rings. The Morgan fingerprint density at radius 2 is 1.06 bits per heavy atom. The summed E-state index contributed by atoms with van der Waals surface area (Å²) in [7, 11) is 0. The van der Waals surface area contributed by atoms with Gasteiger partial charge in [-0.25, -0.2) is 0 Å². The molecule has 5 heteroatoms. The Morgan fingerprint density at radius 3 is 1.64 bits per heavy atom. The van der Waals surface area contributed by atoms with Crippen molar-refractivity contribution in [1.29, 1.82) is 0 Å². The zero-order valence-electron chi connectivity index (χ0n) is 41.1. The predicted octanol–water partition coefficient (Wildman–Crippen LogP) is 17.4. The smallest absolute Gasteiger partial charge is 0.128 e. The number of aromatic nitrogens is 2. The molecule has 0 N–H and O–H groups in total. The second kappa shape index (κ2) is 18.0. The van der Waals surface area contributed by atoms with Gasteiger partial charge in [0.15, 0.2) is 0 Å². The second-order valence-electron chi connectivity index (χ2n) is 20.5. The van der Waals surface area contributed by atoms with Gasteiger partial charge in [-0.3, -0.25) is 9.97 Å². The van der Waals surface area contributed by atoms with Crippen LogP contribution in [-0.2, 0) is 16.2 Å². The number of hydrogen-bond acceptors (Lipinski definition) is 5. The number of nitrogens with zero attached hydrogens (tertiary/aromatic N) is 3. The molecule has 0 amide bonds. The highest BCUT2D eigenvalue weighted by atomic mass is 32.2. The van der Waals surface area contributed by atoms with Crippen molar-refractivity contribution in [1.82, 2.24) is 9.97 Å². The molecule has 4 nitrogen and oxygen atoms in total. The van der Waals surface area contributed by atoms with E-state index in [1.54, 1.807) is 0 Å².